The maximum atomic E-state index is 12.4. The van der Waals surface area contributed by atoms with Crippen molar-refractivity contribution in [3.63, 3.8) is 0 Å². The van der Waals surface area contributed by atoms with Gasteiger partial charge in [0.2, 0.25) is 5.91 Å². The quantitative estimate of drug-likeness (QED) is 0.813. The third-order valence-corrected chi connectivity index (χ3v) is 3.76. The number of aryl methyl sites for hydroxylation is 1. The molecule has 0 spiro atoms. The Labute approximate surface area is 143 Å². The smallest absolute Gasteiger partial charge is 0.246 e. The van der Waals surface area contributed by atoms with E-state index < -0.39 is 0 Å². The number of hydrogen-bond acceptors (Lipinski definition) is 4. The van der Waals surface area contributed by atoms with Crippen molar-refractivity contribution in [3.8, 4) is 11.5 Å². The van der Waals surface area contributed by atoms with Gasteiger partial charge in [-0.3, -0.25) is 4.79 Å². The molecule has 1 unspecified atom stereocenters. The first-order valence-electron chi connectivity index (χ1n) is 7.95. The molecule has 0 bridgehead atoms. The summed E-state index contributed by atoms with van der Waals surface area (Å²) in [4.78, 5) is 12.4. The van der Waals surface area contributed by atoms with Crippen molar-refractivity contribution in [2.45, 2.75) is 26.3 Å². The van der Waals surface area contributed by atoms with E-state index in [4.69, 9.17) is 9.47 Å². The molecule has 0 aliphatic carbocycles. The second-order valence-corrected chi connectivity index (χ2v) is 5.48. The van der Waals surface area contributed by atoms with Crippen molar-refractivity contribution in [2.24, 2.45) is 0 Å². The number of carbonyl (C=O) groups excluding carboxylic acids is 1. The van der Waals surface area contributed by atoms with Gasteiger partial charge in [0, 0.05) is 17.4 Å². The third kappa shape index (κ3) is 4.41. The Balaban J connectivity index is 2.03. The van der Waals surface area contributed by atoms with Crippen LogP contribution in [0.3, 0.4) is 0 Å². The number of nitrogens with one attached hydrogen (secondary N) is 2. The maximum Gasteiger partial charge on any atom is 0.246 e. The predicted octanol–water partition coefficient (Wildman–Crippen LogP) is 3.71. The van der Waals surface area contributed by atoms with E-state index >= 15 is 0 Å². The van der Waals surface area contributed by atoms with E-state index in [-0.39, 0.29) is 11.9 Å². The Hall–Kier alpha value is -2.69. The summed E-state index contributed by atoms with van der Waals surface area (Å²) in [5.41, 5.74) is 2.82. The van der Waals surface area contributed by atoms with Crippen LogP contribution in [0.5, 0.6) is 11.5 Å². The summed E-state index contributed by atoms with van der Waals surface area (Å²) in [6.45, 7) is 3.93. The lowest BCUT2D eigenvalue weighted by Gasteiger charge is -2.16. The lowest BCUT2D eigenvalue weighted by molar-refractivity contribution is -0.116. The van der Waals surface area contributed by atoms with Crippen molar-refractivity contribution in [1.82, 2.24) is 0 Å². The van der Waals surface area contributed by atoms with Gasteiger partial charge in [0.05, 0.1) is 14.2 Å². The summed E-state index contributed by atoms with van der Waals surface area (Å²) in [7, 11) is 3.14. The number of rotatable bonds is 7. The molecule has 0 saturated carbocycles. The minimum Gasteiger partial charge on any atom is -0.493 e. The molecule has 1 amide bonds. The molecule has 2 N–H and O–H groups in total. The highest BCUT2D eigenvalue weighted by Crippen LogP contribution is 2.29. The number of amides is 1. The fraction of sp³-hybridized carbons (Fsp3) is 0.316. The summed E-state index contributed by atoms with van der Waals surface area (Å²) in [5, 5.41) is 6.10. The number of ether oxygens (including phenoxy) is 2. The minimum atomic E-state index is -0.370. The van der Waals surface area contributed by atoms with Crippen molar-refractivity contribution < 1.29 is 14.3 Å². The van der Waals surface area contributed by atoms with Crippen LogP contribution in [0, 0.1) is 0 Å². The van der Waals surface area contributed by atoms with Crippen molar-refractivity contribution in [1.29, 1.82) is 0 Å². The molecule has 24 heavy (non-hydrogen) atoms. The van der Waals surface area contributed by atoms with E-state index in [1.807, 2.05) is 19.1 Å². The monoisotopic (exact) mass is 328 g/mol. The molecule has 0 aromatic heterocycles. The summed E-state index contributed by atoms with van der Waals surface area (Å²) < 4.78 is 10.4. The second kappa shape index (κ2) is 8.24. The van der Waals surface area contributed by atoms with Gasteiger partial charge >= 0.3 is 0 Å². The second-order valence-electron chi connectivity index (χ2n) is 5.48. The molecule has 5 nitrogen and oxygen atoms in total. The Bertz CT molecular complexity index is 701. The maximum absolute atomic E-state index is 12.4. The highest BCUT2D eigenvalue weighted by atomic mass is 16.5. The van der Waals surface area contributed by atoms with Crippen molar-refractivity contribution >= 4 is 17.3 Å². The highest BCUT2D eigenvalue weighted by molar-refractivity contribution is 5.96. The SMILES string of the molecule is CCc1cccc(NC(C)C(=O)Nc2ccc(OC)c(OC)c2)c1. The van der Waals surface area contributed by atoms with E-state index in [0.717, 1.165) is 12.1 Å². The predicted molar refractivity (Wildman–Crippen MR) is 97.1 cm³/mol. The molecule has 5 heteroatoms. The molecular weight excluding hydrogens is 304 g/mol. The molecule has 0 aliphatic heterocycles. The summed E-state index contributed by atoms with van der Waals surface area (Å²) in [5.74, 6) is 1.08. The normalized spacial score (nSPS) is 11.5. The van der Waals surface area contributed by atoms with E-state index in [9.17, 15) is 4.79 Å². The molecule has 0 heterocycles. The zero-order valence-electron chi connectivity index (χ0n) is 14.6. The van der Waals surface area contributed by atoms with Gasteiger partial charge in [-0.2, -0.15) is 0 Å². The molecule has 2 rings (SSSR count). The molecule has 1 atom stereocenters. The summed E-state index contributed by atoms with van der Waals surface area (Å²) >= 11 is 0. The van der Waals surface area contributed by atoms with Gasteiger partial charge in [-0.1, -0.05) is 19.1 Å². The first kappa shape index (κ1) is 17.7. The van der Waals surface area contributed by atoms with Gasteiger partial charge in [-0.15, -0.1) is 0 Å². The fourth-order valence-electron chi connectivity index (χ4n) is 2.36. The number of anilines is 2. The Morgan fingerprint density at radius 3 is 2.46 bits per heavy atom. The average molecular weight is 328 g/mol. The van der Waals surface area contributed by atoms with Crippen molar-refractivity contribution in [2.75, 3.05) is 24.9 Å². The number of benzene rings is 2. The van der Waals surface area contributed by atoms with Crippen molar-refractivity contribution in [3.05, 3.63) is 48.0 Å². The standard InChI is InChI=1S/C19H24N2O3/c1-5-14-7-6-8-15(11-14)20-13(2)19(22)21-16-9-10-17(23-3)18(12-16)24-4/h6-13,20H,5H2,1-4H3,(H,21,22). The van der Waals surface area contributed by atoms with Gasteiger partial charge in [0.25, 0.3) is 0 Å². The molecule has 128 valence electrons. The van der Waals surface area contributed by atoms with Crippen LogP contribution >= 0.6 is 0 Å². The lowest BCUT2D eigenvalue weighted by Crippen LogP contribution is -2.31. The van der Waals surface area contributed by atoms with Crippen LogP contribution in [0.4, 0.5) is 11.4 Å². The topological polar surface area (TPSA) is 59.6 Å². The average Bonchev–Trinajstić information content (AvgIpc) is 2.61. The zero-order valence-corrected chi connectivity index (χ0v) is 14.6. The van der Waals surface area contributed by atoms with Gasteiger partial charge in [-0.05, 0) is 43.2 Å². The Morgan fingerprint density at radius 2 is 1.79 bits per heavy atom. The first-order chi connectivity index (χ1) is 11.6. The molecule has 0 aliphatic rings. The summed E-state index contributed by atoms with van der Waals surface area (Å²) in [6.07, 6.45) is 0.960. The van der Waals surface area contributed by atoms with Gasteiger partial charge in [0.15, 0.2) is 11.5 Å². The van der Waals surface area contributed by atoms with Crippen LogP contribution in [0.2, 0.25) is 0 Å². The minimum absolute atomic E-state index is 0.121. The Morgan fingerprint density at radius 1 is 1.04 bits per heavy atom. The van der Waals surface area contributed by atoms with E-state index in [1.54, 1.807) is 32.4 Å². The van der Waals surface area contributed by atoms with E-state index in [2.05, 4.69) is 29.7 Å². The molecule has 2 aromatic carbocycles. The zero-order chi connectivity index (χ0) is 17.5. The number of carbonyl (C=O) groups is 1. The van der Waals surface area contributed by atoms with Gasteiger partial charge in [-0.25, -0.2) is 0 Å². The van der Waals surface area contributed by atoms with Gasteiger partial charge < -0.3 is 20.1 Å². The van der Waals surface area contributed by atoms with Crippen LogP contribution in [0.15, 0.2) is 42.5 Å². The molecule has 0 fully saturated rings. The molecule has 0 saturated heterocycles. The van der Waals surface area contributed by atoms with E-state index in [0.29, 0.717) is 17.2 Å². The molecule has 0 radical (unpaired) electrons. The fourth-order valence-corrected chi connectivity index (χ4v) is 2.36. The molecule has 2 aromatic rings. The van der Waals surface area contributed by atoms with Crippen LogP contribution in [-0.2, 0) is 11.2 Å². The van der Waals surface area contributed by atoms with Crippen LogP contribution in [-0.4, -0.2) is 26.2 Å². The third-order valence-electron chi connectivity index (χ3n) is 3.76. The van der Waals surface area contributed by atoms with Gasteiger partial charge in [0.1, 0.15) is 6.04 Å². The Kier molecular flexibility index (Phi) is 6.07. The summed E-state index contributed by atoms with van der Waals surface area (Å²) in [6, 6.07) is 13.0. The van der Waals surface area contributed by atoms with Crippen LogP contribution in [0.1, 0.15) is 19.4 Å². The lowest BCUT2D eigenvalue weighted by atomic mass is 10.1. The van der Waals surface area contributed by atoms with E-state index in [1.165, 1.54) is 5.56 Å². The number of methoxy groups -OCH3 is 2. The highest BCUT2D eigenvalue weighted by Gasteiger charge is 2.14. The van der Waals surface area contributed by atoms with Crippen LogP contribution < -0.4 is 20.1 Å². The largest absolute Gasteiger partial charge is 0.493 e. The molecular formula is C19H24N2O3. The first-order valence-corrected chi connectivity index (χ1v) is 7.95. The van der Waals surface area contributed by atoms with Crippen LogP contribution in [0.25, 0.3) is 0 Å². The number of hydrogen-bond donors (Lipinski definition) is 2.